The number of carbonyl (C=O) groups excluding carboxylic acids is 1. The number of anilines is 1. The second kappa shape index (κ2) is 10.1. The molecule has 0 aliphatic rings. The van der Waals surface area contributed by atoms with Gasteiger partial charge in [-0.25, -0.2) is 4.79 Å². The molecule has 0 spiro atoms. The molecule has 6 rings (SSSR count). The van der Waals surface area contributed by atoms with E-state index in [1.54, 1.807) is 55.6 Å². The highest BCUT2D eigenvalue weighted by Crippen LogP contribution is 2.30. The zero-order valence-electron chi connectivity index (χ0n) is 20.8. The molecule has 1 N–H and O–H groups in total. The smallest absolute Gasteiger partial charge is 0.344 e. The van der Waals surface area contributed by atoms with Crippen LogP contribution >= 0.6 is 0 Å². The highest BCUT2D eigenvalue weighted by molar-refractivity contribution is 6.06. The van der Waals surface area contributed by atoms with E-state index >= 15 is 0 Å². The maximum absolute atomic E-state index is 13.1. The number of benzene rings is 4. The van der Waals surface area contributed by atoms with Gasteiger partial charge in [0.25, 0.3) is 11.8 Å². The van der Waals surface area contributed by atoms with Gasteiger partial charge in [0.15, 0.2) is 0 Å². The topological polar surface area (TPSA) is 107 Å². The van der Waals surface area contributed by atoms with E-state index in [1.807, 2.05) is 54.6 Å². The van der Waals surface area contributed by atoms with Crippen molar-refractivity contribution in [1.82, 2.24) is 10.1 Å². The molecule has 8 heteroatoms. The van der Waals surface area contributed by atoms with Gasteiger partial charge in [0.1, 0.15) is 11.3 Å². The number of nitrogens with zero attached hydrogens (tertiary/aromatic N) is 2. The molecule has 0 unspecified atom stereocenters. The number of carbonyl (C=O) groups is 1. The van der Waals surface area contributed by atoms with Gasteiger partial charge < -0.3 is 19.0 Å². The van der Waals surface area contributed by atoms with E-state index in [-0.39, 0.29) is 11.8 Å². The molecule has 0 saturated heterocycles. The zero-order chi connectivity index (χ0) is 26.8. The van der Waals surface area contributed by atoms with Gasteiger partial charge in [-0.05, 0) is 66.2 Å². The van der Waals surface area contributed by atoms with Crippen LogP contribution in [-0.4, -0.2) is 23.2 Å². The molecule has 4 aromatic carbocycles. The molecule has 8 nitrogen and oxygen atoms in total. The molecule has 39 heavy (non-hydrogen) atoms. The van der Waals surface area contributed by atoms with Crippen molar-refractivity contribution in [3.05, 3.63) is 119 Å². The fourth-order valence-corrected chi connectivity index (χ4v) is 4.23. The third-order valence-corrected chi connectivity index (χ3v) is 6.28. The van der Waals surface area contributed by atoms with E-state index in [0.29, 0.717) is 39.3 Å². The summed E-state index contributed by atoms with van der Waals surface area (Å²) in [6, 6.07) is 30.4. The molecule has 0 atom stereocenters. The standard InChI is InChI=1S/C31H21N3O5/c1-37-23-16-14-20(15-17-23)28-33-30(39-34-28)24-7-3-4-8-26(24)32-29(35)21-12-10-19(11-13-21)25-18-22-6-2-5-9-27(22)38-31(25)36/h2-18H,1H3,(H,32,35). The summed E-state index contributed by atoms with van der Waals surface area (Å²) in [5.74, 6) is 1.09. The minimum atomic E-state index is -0.437. The zero-order valence-corrected chi connectivity index (χ0v) is 20.8. The molecule has 0 fully saturated rings. The number of fused-ring (bicyclic) bond motifs is 1. The van der Waals surface area contributed by atoms with Crippen LogP contribution in [0.2, 0.25) is 0 Å². The fourth-order valence-electron chi connectivity index (χ4n) is 4.23. The average Bonchev–Trinajstić information content (AvgIpc) is 3.47. The first kappa shape index (κ1) is 23.9. The first-order valence-electron chi connectivity index (χ1n) is 12.1. The molecule has 190 valence electrons. The molecule has 0 aliphatic carbocycles. The second-order valence-corrected chi connectivity index (χ2v) is 8.71. The molecule has 6 aromatic rings. The lowest BCUT2D eigenvalue weighted by Crippen LogP contribution is -2.12. The fraction of sp³-hybridized carbons (Fsp3) is 0.0323. The highest BCUT2D eigenvalue weighted by Gasteiger charge is 2.17. The van der Waals surface area contributed by atoms with Crippen molar-refractivity contribution in [3.63, 3.8) is 0 Å². The number of methoxy groups -OCH3 is 1. The Morgan fingerprint density at radius 3 is 2.33 bits per heavy atom. The third-order valence-electron chi connectivity index (χ3n) is 6.28. The Bertz CT molecular complexity index is 1850. The summed E-state index contributed by atoms with van der Waals surface area (Å²) >= 11 is 0. The summed E-state index contributed by atoms with van der Waals surface area (Å²) in [6.07, 6.45) is 0. The Morgan fingerprint density at radius 2 is 1.54 bits per heavy atom. The minimum absolute atomic E-state index is 0.273. The number of rotatable bonds is 6. The molecular formula is C31H21N3O5. The summed E-state index contributed by atoms with van der Waals surface area (Å²) in [4.78, 5) is 30.1. The van der Waals surface area contributed by atoms with Crippen molar-refractivity contribution in [3.8, 4) is 39.7 Å². The van der Waals surface area contributed by atoms with Crippen LogP contribution in [0.5, 0.6) is 5.75 Å². The summed E-state index contributed by atoms with van der Waals surface area (Å²) in [5.41, 5.74) is 3.47. The van der Waals surface area contributed by atoms with Crippen LogP contribution in [-0.2, 0) is 0 Å². The van der Waals surface area contributed by atoms with Crippen molar-refractivity contribution in [1.29, 1.82) is 0 Å². The van der Waals surface area contributed by atoms with Crippen LogP contribution in [0.3, 0.4) is 0 Å². The van der Waals surface area contributed by atoms with E-state index in [0.717, 1.165) is 16.7 Å². The third kappa shape index (κ3) is 4.78. The maximum atomic E-state index is 13.1. The normalized spacial score (nSPS) is 10.9. The summed E-state index contributed by atoms with van der Waals surface area (Å²) in [5, 5.41) is 7.83. The minimum Gasteiger partial charge on any atom is -0.497 e. The number of hydrogen-bond donors (Lipinski definition) is 1. The second-order valence-electron chi connectivity index (χ2n) is 8.71. The summed E-state index contributed by atoms with van der Waals surface area (Å²) in [6.45, 7) is 0. The Labute approximate surface area is 222 Å². The van der Waals surface area contributed by atoms with Gasteiger partial charge in [-0.1, -0.05) is 47.6 Å². The quantitative estimate of drug-likeness (QED) is 0.254. The van der Waals surface area contributed by atoms with Crippen LogP contribution in [0.15, 0.2) is 117 Å². The van der Waals surface area contributed by atoms with E-state index in [2.05, 4.69) is 15.5 Å². The molecule has 1 amide bonds. The first-order chi connectivity index (χ1) is 19.1. The molecule has 0 bridgehead atoms. The highest BCUT2D eigenvalue weighted by atomic mass is 16.5. The lowest BCUT2D eigenvalue weighted by atomic mass is 10.0. The van der Waals surface area contributed by atoms with Crippen LogP contribution in [0.4, 0.5) is 5.69 Å². The predicted octanol–water partition coefficient (Wildman–Crippen LogP) is 6.44. The lowest BCUT2D eigenvalue weighted by molar-refractivity contribution is 0.102. The lowest BCUT2D eigenvalue weighted by Gasteiger charge is -2.09. The van der Waals surface area contributed by atoms with Crippen LogP contribution < -0.4 is 15.7 Å². The van der Waals surface area contributed by atoms with E-state index in [1.165, 1.54) is 0 Å². The van der Waals surface area contributed by atoms with Gasteiger partial charge >= 0.3 is 5.63 Å². The molecule has 0 aliphatic heterocycles. The average molecular weight is 516 g/mol. The number of nitrogens with one attached hydrogen (secondary N) is 1. The largest absolute Gasteiger partial charge is 0.497 e. The van der Waals surface area contributed by atoms with Crippen molar-refractivity contribution in [2.75, 3.05) is 12.4 Å². The van der Waals surface area contributed by atoms with Crippen molar-refractivity contribution in [2.45, 2.75) is 0 Å². The Hall–Kier alpha value is -5.50. The number of hydrogen-bond acceptors (Lipinski definition) is 7. The summed E-state index contributed by atoms with van der Waals surface area (Å²) < 4.78 is 16.1. The summed E-state index contributed by atoms with van der Waals surface area (Å²) in [7, 11) is 1.60. The van der Waals surface area contributed by atoms with Crippen molar-refractivity contribution < 1.29 is 18.5 Å². The van der Waals surface area contributed by atoms with Crippen molar-refractivity contribution >= 4 is 22.6 Å². The Morgan fingerprint density at radius 1 is 0.821 bits per heavy atom. The number of ether oxygens (including phenoxy) is 1. The first-order valence-corrected chi connectivity index (χ1v) is 12.1. The molecule has 0 radical (unpaired) electrons. The van der Waals surface area contributed by atoms with E-state index < -0.39 is 5.63 Å². The van der Waals surface area contributed by atoms with Crippen LogP contribution in [0.1, 0.15) is 10.4 Å². The molecule has 2 heterocycles. The monoisotopic (exact) mass is 515 g/mol. The van der Waals surface area contributed by atoms with Crippen LogP contribution in [0.25, 0.3) is 44.9 Å². The van der Waals surface area contributed by atoms with Gasteiger partial charge in [-0.3, -0.25) is 4.79 Å². The van der Waals surface area contributed by atoms with E-state index in [9.17, 15) is 9.59 Å². The van der Waals surface area contributed by atoms with Gasteiger partial charge in [0.05, 0.1) is 23.9 Å². The van der Waals surface area contributed by atoms with Gasteiger partial charge in [0, 0.05) is 16.5 Å². The van der Waals surface area contributed by atoms with Gasteiger partial charge in [-0.2, -0.15) is 4.98 Å². The molecular weight excluding hydrogens is 494 g/mol. The van der Waals surface area contributed by atoms with E-state index in [4.69, 9.17) is 13.7 Å². The predicted molar refractivity (Wildman–Crippen MR) is 148 cm³/mol. The van der Waals surface area contributed by atoms with Crippen LogP contribution in [0, 0.1) is 0 Å². The Kier molecular flexibility index (Phi) is 6.18. The number of amides is 1. The number of para-hydroxylation sites is 2. The molecule has 0 saturated carbocycles. The number of aromatic nitrogens is 2. The Balaban J connectivity index is 1.23. The van der Waals surface area contributed by atoms with Crippen molar-refractivity contribution in [2.24, 2.45) is 0 Å². The molecule has 2 aromatic heterocycles. The SMILES string of the molecule is COc1ccc(-c2noc(-c3ccccc3NC(=O)c3ccc(-c4cc5ccccc5oc4=O)cc3)n2)cc1. The van der Waals surface area contributed by atoms with Gasteiger partial charge in [0.2, 0.25) is 5.82 Å². The maximum Gasteiger partial charge on any atom is 0.344 e. The van der Waals surface area contributed by atoms with Gasteiger partial charge in [-0.15, -0.1) is 0 Å².